The molecule has 0 aromatic carbocycles. The molecular weight excluding hydrogens is 450 g/mol. The molecule has 0 radical (unpaired) electrons. The summed E-state index contributed by atoms with van der Waals surface area (Å²) in [7, 11) is -8.47. The van der Waals surface area contributed by atoms with Gasteiger partial charge in [-0.2, -0.15) is 12.6 Å². The summed E-state index contributed by atoms with van der Waals surface area (Å²) < 4.78 is 46.4. The second-order valence-corrected chi connectivity index (χ2v) is 15.7. The fourth-order valence-electron chi connectivity index (χ4n) is 2.87. The van der Waals surface area contributed by atoms with E-state index in [9.17, 15) is 18.9 Å². The van der Waals surface area contributed by atoms with Crippen LogP contribution in [0.4, 0.5) is 0 Å². The van der Waals surface area contributed by atoms with Crippen molar-refractivity contribution in [2.75, 3.05) is 6.61 Å². The summed E-state index contributed by atoms with van der Waals surface area (Å²) in [4.78, 5) is 20.5. The second-order valence-electron chi connectivity index (χ2n) is 10.9. The van der Waals surface area contributed by atoms with Crippen molar-refractivity contribution < 1.29 is 37.2 Å². The molecule has 0 aliphatic rings. The monoisotopic (exact) mass is 492 g/mol. The van der Waals surface area contributed by atoms with Crippen LogP contribution in [0.2, 0.25) is 0 Å². The summed E-state index contributed by atoms with van der Waals surface area (Å²) in [6, 6.07) is 0. The largest absolute Gasteiger partial charge is 0.473 e. The van der Waals surface area contributed by atoms with Crippen LogP contribution < -0.4 is 0 Å². The third kappa shape index (κ3) is 12.6. The number of thiol groups is 1. The maximum absolute atomic E-state index is 12.9. The Morgan fingerprint density at radius 1 is 0.767 bits per heavy atom. The van der Waals surface area contributed by atoms with Crippen molar-refractivity contribution >= 4 is 28.0 Å². The van der Waals surface area contributed by atoms with Gasteiger partial charge in [0.25, 0.3) is 0 Å². The Bertz CT molecular complexity index is 662. The maximum atomic E-state index is 12.9. The van der Waals surface area contributed by atoms with E-state index in [1.165, 1.54) is 13.8 Å². The Kier molecular flexibility index (Phi) is 10.0. The average Bonchev–Trinajstić information content (AvgIpc) is 2.27. The second kappa shape index (κ2) is 9.82. The maximum Gasteiger partial charge on any atom is 0.473 e. The zero-order valence-corrected chi connectivity index (χ0v) is 23.0. The average molecular weight is 493 g/mol. The van der Waals surface area contributed by atoms with Crippen LogP contribution in [0.1, 0.15) is 89.0 Å². The van der Waals surface area contributed by atoms with Crippen LogP contribution in [-0.2, 0) is 27.4 Å². The van der Waals surface area contributed by atoms with Crippen LogP contribution in [0.15, 0.2) is 0 Å². The SMILES string of the molecule is CC(C)(S)CC(C)(C)OP(=O)(O)C(C)(C)OCCC(C)(C)OP(=O)(O)OC(C)(C)C. The Hall–Kier alpha value is 0.570. The van der Waals surface area contributed by atoms with Gasteiger partial charge in [0.1, 0.15) is 0 Å². The molecule has 2 N–H and O–H groups in total. The van der Waals surface area contributed by atoms with Gasteiger partial charge in [0.05, 0.1) is 23.4 Å². The van der Waals surface area contributed by atoms with Crippen molar-refractivity contribution in [2.45, 2.75) is 116 Å². The van der Waals surface area contributed by atoms with Crippen LogP contribution >= 0.6 is 28.0 Å². The van der Waals surface area contributed by atoms with E-state index < -0.39 is 37.6 Å². The van der Waals surface area contributed by atoms with E-state index in [-0.39, 0.29) is 17.8 Å². The lowest BCUT2D eigenvalue weighted by molar-refractivity contribution is -0.0379. The molecule has 0 aliphatic carbocycles. The van der Waals surface area contributed by atoms with Gasteiger partial charge in [-0.25, -0.2) is 4.57 Å². The first kappa shape index (κ1) is 30.6. The van der Waals surface area contributed by atoms with Gasteiger partial charge >= 0.3 is 15.4 Å². The summed E-state index contributed by atoms with van der Waals surface area (Å²) in [6.07, 6.45) is 0.631. The molecule has 0 aromatic heterocycles. The quantitative estimate of drug-likeness (QED) is 0.227. The first-order valence-electron chi connectivity index (χ1n) is 9.93. The first-order chi connectivity index (χ1) is 12.8. The summed E-state index contributed by atoms with van der Waals surface area (Å²) >= 11 is 4.47. The Morgan fingerprint density at radius 2 is 1.23 bits per heavy atom. The molecule has 182 valence electrons. The molecule has 8 nitrogen and oxygen atoms in total. The smallest absolute Gasteiger partial charge is 0.363 e. The molecule has 2 atom stereocenters. The number of hydrogen-bond donors (Lipinski definition) is 3. The minimum absolute atomic E-state index is 0.00190. The van der Waals surface area contributed by atoms with E-state index >= 15 is 0 Å². The van der Waals surface area contributed by atoms with Crippen molar-refractivity contribution in [3.05, 3.63) is 0 Å². The number of ether oxygens (including phenoxy) is 1. The Labute approximate surface area is 188 Å². The molecule has 0 aromatic rings. The van der Waals surface area contributed by atoms with Crippen molar-refractivity contribution in [2.24, 2.45) is 0 Å². The fourth-order valence-corrected chi connectivity index (χ4v) is 5.90. The third-order valence-electron chi connectivity index (χ3n) is 3.82. The predicted molar refractivity (Wildman–Crippen MR) is 123 cm³/mol. The number of phosphoric acid groups is 1. The molecule has 0 saturated carbocycles. The lowest BCUT2D eigenvalue weighted by Crippen LogP contribution is -2.36. The summed E-state index contributed by atoms with van der Waals surface area (Å²) in [5.74, 6) is 0. The Morgan fingerprint density at radius 3 is 1.63 bits per heavy atom. The minimum Gasteiger partial charge on any atom is -0.363 e. The molecule has 0 fully saturated rings. The fraction of sp³-hybridized carbons (Fsp3) is 1.00. The first-order valence-corrected chi connectivity index (χ1v) is 13.4. The van der Waals surface area contributed by atoms with E-state index in [1.807, 2.05) is 13.8 Å². The van der Waals surface area contributed by atoms with Gasteiger partial charge in [0, 0.05) is 4.75 Å². The van der Waals surface area contributed by atoms with Gasteiger partial charge < -0.3 is 19.0 Å². The highest BCUT2D eigenvalue weighted by atomic mass is 32.1. The minimum atomic E-state index is -4.29. The molecule has 0 amide bonds. The van der Waals surface area contributed by atoms with Crippen LogP contribution in [0.25, 0.3) is 0 Å². The van der Waals surface area contributed by atoms with E-state index in [2.05, 4.69) is 12.6 Å². The summed E-state index contributed by atoms with van der Waals surface area (Å²) in [6.45, 7) is 18.4. The number of rotatable bonds is 12. The van der Waals surface area contributed by atoms with E-state index in [4.69, 9.17) is 18.3 Å². The Balaban J connectivity index is 5.01. The molecule has 0 bridgehead atoms. The molecule has 0 saturated heterocycles. The molecule has 0 rings (SSSR count). The predicted octanol–water partition coefficient (Wildman–Crippen LogP) is 5.92. The normalized spacial score (nSPS) is 18.7. The van der Waals surface area contributed by atoms with Crippen LogP contribution in [0.3, 0.4) is 0 Å². The van der Waals surface area contributed by atoms with Gasteiger partial charge in [-0.05, 0) is 75.2 Å². The molecule has 30 heavy (non-hydrogen) atoms. The van der Waals surface area contributed by atoms with Crippen molar-refractivity contribution in [3.8, 4) is 0 Å². The standard InChI is InChI=1S/C19H42O8P2S/c1-15(2,3)25-29(22,23)27-16(4,5)12-13-24-19(10,11)28(20,21)26-17(6,7)14-18(8,9)30/h30H,12-14H2,1-11H3,(H,20,21)(H,22,23). The van der Waals surface area contributed by atoms with Gasteiger partial charge in [0.2, 0.25) is 0 Å². The van der Waals surface area contributed by atoms with E-state index in [0.717, 1.165) is 0 Å². The van der Waals surface area contributed by atoms with Gasteiger partial charge in [-0.15, -0.1) is 0 Å². The van der Waals surface area contributed by atoms with Gasteiger partial charge in [-0.1, -0.05) is 13.8 Å². The zero-order chi connectivity index (χ0) is 24.4. The topological polar surface area (TPSA) is 112 Å². The van der Waals surface area contributed by atoms with Gasteiger partial charge in [0.15, 0.2) is 5.34 Å². The highest BCUT2D eigenvalue weighted by molar-refractivity contribution is 7.81. The van der Waals surface area contributed by atoms with E-state index in [0.29, 0.717) is 6.42 Å². The molecule has 11 heteroatoms. The van der Waals surface area contributed by atoms with Crippen LogP contribution in [0, 0.1) is 0 Å². The summed E-state index contributed by atoms with van der Waals surface area (Å²) in [5.41, 5.74) is -2.82. The zero-order valence-electron chi connectivity index (χ0n) is 20.3. The van der Waals surface area contributed by atoms with Crippen LogP contribution in [0.5, 0.6) is 0 Å². The molecular formula is C19H42O8P2S. The highest BCUT2D eigenvalue weighted by Gasteiger charge is 2.47. The summed E-state index contributed by atoms with van der Waals surface area (Å²) in [5, 5.41) is -1.49. The van der Waals surface area contributed by atoms with Crippen molar-refractivity contribution in [3.63, 3.8) is 0 Å². The molecule has 2 unspecified atom stereocenters. The van der Waals surface area contributed by atoms with Crippen molar-refractivity contribution in [1.82, 2.24) is 0 Å². The highest BCUT2D eigenvalue weighted by Crippen LogP contribution is 2.59. The number of hydrogen-bond acceptors (Lipinski definition) is 7. The number of phosphoric ester groups is 1. The van der Waals surface area contributed by atoms with Crippen LogP contribution in [-0.4, -0.2) is 43.3 Å². The molecule has 0 heterocycles. The van der Waals surface area contributed by atoms with Gasteiger partial charge in [-0.3, -0.25) is 13.6 Å². The third-order valence-corrected chi connectivity index (χ3v) is 7.71. The lowest BCUT2D eigenvalue weighted by Gasteiger charge is -2.38. The van der Waals surface area contributed by atoms with E-state index in [1.54, 1.807) is 48.5 Å². The molecule has 0 spiro atoms. The molecule has 0 aliphatic heterocycles. The van der Waals surface area contributed by atoms with Crippen molar-refractivity contribution in [1.29, 1.82) is 0 Å². The lowest BCUT2D eigenvalue weighted by atomic mass is 9.96.